The molecule has 1 amide bonds. The quantitative estimate of drug-likeness (QED) is 0.723. The van der Waals surface area contributed by atoms with Crippen LogP contribution in [0.2, 0.25) is 0 Å². The van der Waals surface area contributed by atoms with Crippen LogP contribution in [0, 0.1) is 0 Å². The summed E-state index contributed by atoms with van der Waals surface area (Å²) in [5.74, 6) is -0.694. The number of carbonyl (C=O) groups excluding carboxylic acids is 1. The van der Waals surface area contributed by atoms with Crippen LogP contribution in [0.15, 0.2) is 35.2 Å². The summed E-state index contributed by atoms with van der Waals surface area (Å²) in [7, 11) is -2.02. The molecule has 0 aromatic heterocycles. The molecule has 0 radical (unpaired) electrons. The molecule has 7 heteroatoms. The van der Waals surface area contributed by atoms with Crippen molar-refractivity contribution in [1.82, 2.24) is 5.32 Å². The molecule has 0 saturated carbocycles. The van der Waals surface area contributed by atoms with E-state index in [4.69, 9.17) is 4.74 Å². The van der Waals surface area contributed by atoms with E-state index in [1.165, 1.54) is 26.2 Å². The zero-order chi connectivity index (χ0) is 15.9. The molecular weight excluding hydrogens is 294 g/mol. The Morgan fingerprint density at radius 2 is 1.95 bits per heavy atom. The summed E-state index contributed by atoms with van der Waals surface area (Å²) < 4.78 is 28.8. The van der Waals surface area contributed by atoms with Crippen LogP contribution < -0.4 is 5.32 Å². The molecule has 1 aromatic rings. The number of rotatable bonds is 8. The highest BCUT2D eigenvalue weighted by Crippen LogP contribution is 2.11. The molecule has 0 aliphatic rings. The number of methoxy groups -OCH3 is 1. The van der Waals surface area contributed by atoms with Gasteiger partial charge in [0.05, 0.1) is 17.3 Å². The molecule has 2 N–H and O–H groups in total. The number of hydrogen-bond donors (Lipinski definition) is 2. The summed E-state index contributed by atoms with van der Waals surface area (Å²) in [6.45, 7) is 1.61. The number of benzene rings is 1. The normalized spacial score (nSPS) is 14.4. The minimum Gasteiger partial charge on any atom is -0.386 e. The molecule has 21 heavy (non-hydrogen) atoms. The van der Waals surface area contributed by atoms with E-state index in [2.05, 4.69) is 5.32 Å². The van der Waals surface area contributed by atoms with Crippen molar-refractivity contribution in [3.05, 3.63) is 30.3 Å². The van der Waals surface area contributed by atoms with E-state index in [0.29, 0.717) is 0 Å². The van der Waals surface area contributed by atoms with Crippen molar-refractivity contribution in [2.75, 3.05) is 26.0 Å². The van der Waals surface area contributed by atoms with Gasteiger partial charge in [0.15, 0.2) is 9.84 Å². The lowest BCUT2D eigenvalue weighted by Crippen LogP contribution is -2.44. The van der Waals surface area contributed by atoms with E-state index in [-0.39, 0.29) is 30.2 Å². The fraction of sp³-hybridized carbons (Fsp3) is 0.500. The Labute approximate surface area is 125 Å². The Balaban J connectivity index is 2.47. The first kappa shape index (κ1) is 17.6. The summed E-state index contributed by atoms with van der Waals surface area (Å²) in [6.07, 6.45) is -0.152. The van der Waals surface area contributed by atoms with Crippen molar-refractivity contribution in [2.45, 2.75) is 23.8 Å². The highest BCUT2D eigenvalue weighted by Gasteiger charge is 2.22. The van der Waals surface area contributed by atoms with E-state index in [9.17, 15) is 18.3 Å². The van der Waals surface area contributed by atoms with Gasteiger partial charge in [0, 0.05) is 20.1 Å². The van der Waals surface area contributed by atoms with Gasteiger partial charge >= 0.3 is 0 Å². The number of ether oxygens (including phenoxy) is 1. The predicted octanol–water partition coefficient (Wildman–Crippen LogP) is 0.364. The maximum Gasteiger partial charge on any atom is 0.221 e. The maximum absolute atomic E-state index is 12.0. The van der Waals surface area contributed by atoms with Crippen LogP contribution in [-0.4, -0.2) is 51.0 Å². The third-order valence-electron chi connectivity index (χ3n) is 2.82. The van der Waals surface area contributed by atoms with Crippen molar-refractivity contribution in [3.63, 3.8) is 0 Å². The van der Waals surface area contributed by atoms with E-state index in [1.54, 1.807) is 18.2 Å². The molecule has 0 heterocycles. The molecule has 0 aliphatic heterocycles. The molecule has 1 rings (SSSR count). The van der Waals surface area contributed by atoms with Gasteiger partial charge in [-0.3, -0.25) is 4.79 Å². The van der Waals surface area contributed by atoms with E-state index in [0.717, 1.165) is 0 Å². The molecule has 1 aromatic carbocycles. The van der Waals surface area contributed by atoms with Crippen LogP contribution in [0.1, 0.15) is 13.3 Å². The number of carbonyl (C=O) groups is 1. The lowest BCUT2D eigenvalue weighted by Gasteiger charge is -2.22. The van der Waals surface area contributed by atoms with Gasteiger partial charge in [-0.2, -0.15) is 0 Å². The Morgan fingerprint density at radius 1 is 1.33 bits per heavy atom. The molecule has 118 valence electrons. The van der Waals surface area contributed by atoms with Crippen LogP contribution in [0.5, 0.6) is 0 Å². The van der Waals surface area contributed by atoms with Gasteiger partial charge in [0.2, 0.25) is 5.91 Å². The highest BCUT2D eigenvalue weighted by molar-refractivity contribution is 7.91. The molecule has 6 nitrogen and oxygen atoms in total. The molecule has 0 spiro atoms. The van der Waals surface area contributed by atoms with Crippen molar-refractivity contribution in [1.29, 1.82) is 0 Å². The zero-order valence-corrected chi connectivity index (χ0v) is 13.0. The van der Waals surface area contributed by atoms with Crippen molar-refractivity contribution >= 4 is 15.7 Å². The number of amides is 1. The van der Waals surface area contributed by atoms with Gasteiger partial charge < -0.3 is 15.2 Å². The SMILES string of the molecule is COCC(C)(O)CNC(=O)CCS(=O)(=O)c1ccccc1. The molecule has 0 aliphatic carbocycles. The van der Waals surface area contributed by atoms with E-state index in [1.807, 2.05) is 0 Å². The lowest BCUT2D eigenvalue weighted by molar-refractivity contribution is -0.122. The topological polar surface area (TPSA) is 92.7 Å². The Morgan fingerprint density at radius 3 is 2.52 bits per heavy atom. The van der Waals surface area contributed by atoms with Gasteiger partial charge in [0.1, 0.15) is 5.60 Å². The van der Waals surface area contributed by atoms with Gasteiger partial charge in [-0.1, -0.05) is 18.2 Å². The second-order valence-electron chi connectivity index (χ2n) is 5.09. The number of aliphatic hydroxyl groups is 1. The first-order valence-electron chi connectivity index (χ1n) is 6.53. The third-order valence-corrected chi connectivity index (χ3v) is 4.55. The minimum atomic E-state index is -3.47. The third kappa shape index (κ3) is 6.24. The summed E-state index contributed by atoms with van der Waals surface area (Å²) in [4.78, 5) is 11.8. The van der Waals surface area contributed by atoms with Crippen LogP contribution in [-0.2, 0) is 19.4 Å². The predicted molar refractivity (Wildman–Crippen MR) is 78.6 cm³/mol. The lowest BCUT2D eigenvalue weighted by atomic mass is 10.1. The summed E-state index contributed by atoms with van der Waals surface area (Å²) in [5, 5.41) is 12.3. The second kappa shape index (κ2) is 7.53. The molecule has 1 unspecified atom stereocenters. The summed E-state index contributed by atoms with van der Waals surface area (Å²) in [5.41, 5.74) is -1.18. The average Bonchev–Trinajstić information content (AvgIpc) is 2.44. The molecule has 0 saturated heterocycles. The van der Waals surface area contributed by atoms with Crippen molar-refractivity contribution < 1.29 is 23.1 Å². The molecule has 0 fully saturated rings. The number of nitrogens with one attached hydrogen (secondary N) is 1. The summed E-state index contributed by atoms with van der Waals surface area (Å²) in [6, 6.07) is 7.99. The number of hydrogen-bond acceptors (Lipinski definition) is 5. The fourth-order valence-corrected chi connectivity index (χ4v) is 2.97. The molecular formula is C14H21NO5S. The summed E-state index contributed by atoms with van der Waals surface area (Å²) >= 11 is 0. The molecule has 1 atom stereocenters. The van der Waals surface area contributed by atoms with Gasteiger partial charge in [-0.25, -0.2) is 8.42 Å². The van der Waals surface area contributed by atoms with E-state index >= 15 is 0 Å². The zero-order valence-electron chi connectivity index (χ0n) is 12.2. The maximum atomic E-state index is 12.0. The molecule has 0 bridgehead atoms. The average molecular weight is 315 g/mol. The monoisotopic (exact) mass is 315 g/mol. The Hall–Kier alpha value is -1.44. The van der Waals surface area contributed by atoms with Crippen molar-refractivity contribution in [2.24, 2.45) is 0 Å². The largest absolute Gasteiger partial charge is 0.386 e. The Kier molecular flexibility index (Phi) is 6.32. The van der Waals surface area contributed by atoms with E-state index < -0.39 is 21.3 Å². The second-order valence-corrected chi connectivity index (χ2v) is 7.20. The highest BCUT2D eigenvalue weighted by atomic mass is 32.2. The van der Waals surface area contributed by atoms with Crippen LogP contribution >= 0.6 is 0 Å². The van der Waals surface area contributed by atoms with Crippen LogP contribution in [0.25, 0.3) is 0 Å². The Bertz CT molecular complexity index is 554. The first-order chi connectivity index (χ1) is 9.77. The first-order valence-corrected chi connectivity index (χ1v) is 8.18. The van der Waals surface area contributed by atoms with Crippen LogP contribution in [0.4, 0.5) is 0 Å². The van der Waals surface area contributed by atoms with Gasteiger partial charge in [0.25, 0.3) is 0 Å². The van der Waals surface area contributed by atoms with Crippen LogP contribution in [0.3, 0.4) is 0 Å². The van der Waals surface area contributed by atoms with Gasteiger partial charge in [-0.15, -0.1) is 0 Å². The number of sulfone groups is 1. The fourth-order valence-electron chi connectivity index (χ4n) is 1.71. The standard InChI is InChI=1S/C14H21NO5S/c1-14(17,11-20-2)10-15-13(16)8-9-21(18,19)12-6-4-3-5-7-12/h3-7,17H,8-11H2,1-2H3,(H,15,16). The smallest absolute Gasteiger partial charge is 0.221 e. The van der Waals surface area contributed by atoms with Crippen molar-refractivity contribution in [3.8, 4) is 0 Å². The minimum absolute atomic E-state index is 0.00502. The van der Waals surface area contributed by atoms with Gasteiger partial charge in [-0.05, 0) is 19.1 Å².